The van der Waals surface area contributed by atoms with Gasteiger partial charge in [-0.15, -0.1) is 0 Å². The van der Waals surface area contributed by atoms with Gasteiger partial charge in [-0.1, -0.05) is 36.4 Å². The Labute approximate surface area is 128 Å². The van der Waals surface area contributed by atoms with E-state index in [4.69, 9.17) is 0 Å². The second-order valence-electron chi connectivity index (χ2n) is 5.87. The lowest BCUT2D eigenvalue weighted by atomic mass is 10.0. The summed E-state index contributed by atoms with van der Waals surface area (Å²) in [7, 11) is 6.15. The molecule has 1 atom stereocenters. The average molecular weight is 282 g/mol. The van der Waals surface area contributed by atoms with Crippen LogP contribution in [0.25, 0.3) is 11.1 Å². The summed E-state index contributed by atoms with van der Waals surface area (Å²) in [5.74, 6) is 0. The minimum Gasteiger partial charge on any atom is -0.378 e. The fraction of sp³-hybridized carbons (Fsp3) is 0.368. The first kappa shape index (κ1) is 15.6. The van der Waals surface area contributed by atoms with Gasteiger partial charge in [0.05, 0.1) is 0 Å². The van der Waals surface area contributed by atoms with Crippen molar-refractivity contribution in [2.75, 3.05) is 26.0 Å². The predicted molar refractivity (Wildman–Crippen MR) is 93.0 cm³/mol. The van der Waals surface area contributed by atoms with Gasteiger partial charge in [0.15, 0.2) is 0 Å². The molecule has 112 valence electrons. The van der Waals surface area contributed by atoms with E-state index >= 15 is 0 Å². The molecule has 0 aliphatic rings. The third-order valence-electron chi connectivity index (χ3n) is 4.03. The molecule has 0 amide bonds. The molecule has 1 N–H and O–H groups in total. The summed E-state index contributed by atoms with van der Waals surface area (Å²) in [5, 5.41) is 3.28. The zero-order chi connectivity index (χ0) is 15.2. The summed E-state index contributed by atoms with van der Waals surface area (Å²) in [6.07, 6.45) is 2.30. The van der Waals surface area contributed by atoms with Gasteiger partial charge in [-0.05, 0) is 55.6 Å². The van der Waals surface area contributed by atoms with Gasteiger partial charge in [0, 0.05) is 25.8 Å². The Balaban J connectivity index is 2.04. The van der Waals surface area contributed by atoms with Crippen LogP contribution in [0.2, 0.25) is 0 Å². The second kappa shape index (κ2) is 7.28. The third kappa shape index (κ3) is 4.33. The van der Waals surface area contributed by atoms with Gasteiger partial charge < -0.3 is 10.2 Å². The molecule has 2 heteroatoms. The van der Waals surface area contributed by atoms with Crippen LogP contribution in [0.15, 0.2) is 48.5 Å². The van der Waals surface area contributed by atoms with E-state index < -0.39 is 0 Å². The zero-order valence-corrected chi connectivity index (χ0v) is 13.6. The van der Waals surface area contributed by atoms with Crippen LogP contribution < -0.4 is 10.2 Å². The maximum Gasteiger partial charge on any atom is 0.0361 e. The van der Waals surface area contributed by atoms with Crippen molar-refractivity contribution in [3.05, 3.63) is 54.1 Å². The molecular formula is C19H26N2. The summed E-state index contributed by atoms with van der Waals surface area (Å²) in [5.41, 5.74) is 5.20. The molecule has 0 aromatic heterocycles. The Hall–Kier alpha value is -1.80. The molecule has 0 radical (unpaired) electrons. The molecule has 0 aliphatic heterocycles. The molecule has 0 spiro atoms. The van der Waals surface area contributed by atoms with Crippen LogP contribution >= 0.6 is 0 Å². The lowest BCUT2D eigenvalue weighted by molar-refractivity contribution is 0.565. The SMILES string of the molecule is CNC(C)CCc1ccc(-c2ccc(N(C)C)cc2)cc1. The van der Waals surface area contributed by atoms with Gasteiger partial charge in [0.1, 0.15) is 0 Å². The monoisotopic (exact) mass is 282 g/mol. The lowest BCUT2D eigenvalue weighted by Crippen LogP contribution is -2.21. The molecule has 0 fully saturated rings. The van der Waals surface area contributed by atoms with Crippen molar-refractivity contribution in [3.8, 4) is 11.1 Å². The number of hydrogen-bond donors (Lipinski definition) is 1. The van der Waals surface area contributed by atoms with Crippen LogP contribution in [-0.2, 0) is 6.42 Å². The zero-order valence-electron chi connectivity index (χ0n) is 13.6. The Morgan fingerprint density at radius 2 is 1.43 bits per heavy atom. The van der Waals surface area contributed by atoms with Gasteiger partial charge in [0.2, 0.25) is 0 Å². The van der Waals surface area contributed by atoms with E-state index in [1.54, 1.807) is 0 Å². The topological polar surface area (TPSA) is 15.3 Å². The van der Waals surface area contributed by atoms with Crippen LogP contribution in [0.1, 0.15) is 18.9 Å². The Morgan fingerprint density at radius 3 is 1.90 bits per heavy atom. The number of nitrogens with zero attached hydrogens (tertiary/aromatic N) is 1. The molecular weight excluding hydrogens is 256 g/mol. The molecule has 0 heterocycles. The Morgan fingerprint density at radius 1 is 0.905 bits per heavy atom. The minimum atomic E-state index is 0.572. The summed E-state index contributed by atoms with van der Waals surface area (Å²) in [4.78, 5) is 2.12. The molecule has 1 unspecified atom stereocenters. The fourth-order valence-electron chi connectivity index (χ4n) is 2.34. The van der Waals surface area contributed by atoms with Crippen LogP contribution in [0.5, 0.6) is 0 Å². The Kier molecular flexibility index (Phi) is 5.40. The molecule has 0 saturated heterocycles. The van der Waals surface area contributed by atoms with E-state index in [1.165, 1.54) is 28.8 Å². The smallest absolute Gasteiger partial charge is 0.0361 e. The number of rotatable bonds is 6. The molecule has 2 aromatic carbocycles. The summed E-state index contributed by atoms with van der Waals surface area (Å²) in [6.45, 7) is 2.22. The lowest BCUT2D eigenvalue weighted by Gasteiger charge is -2.13. The molecule has 2 nitrogen and oxygen atoms in total. The van der Waals surface area contributed by atoms with Crippen molar-refractivity contribution in [3.63, 3.8) is 0 Å². The first-order chi connectivity index (χ1) is 10.1. The largest absolute Gasteiger partial charge is 0.378 e. The standard InChI is InChI=1S/C19H26N2/c1-15(20-2)5-6-16-7-9-17(10-8-16)18-11-13-19(14-12-18)21(3)4/h7-15,20H,5-6H2,1-4H3. The average Bonchev–Trinajstić information content (AvgIpc) is 2.53. The maximum atomic E-state index is 3.28. The second-order valence-corrected chi connectivity index (χ2v) is 5.87. The van der Waals surface area contributed by atoms with Crippen LogP contribution in [0, 0.1) is 0 Å². The van der Waals surface area contributed by atoms with E-state index in [9.17, 15) is 0 Å². The molecule has 0 saturated carbocycles. The normalized spacial score (nSPS) is 12.2. The van der Waals surface area contributed by atoms with Crippen molar-refractivity contribution in [1.82, 2.24) is 5.32 Å². The number of anilines is 1. The summed E-state index contributed by atoms with van der Waals surface area (Å²) in [6, 6.07) is 18.2. The number of aryl methyl sites for hydroxylation is 1. The minimum absolute atomic E-state index is 0.572. The van der Waals surface area contributed by atoms with Crippen molar-refractivity contribution >= 4 is 5.69 Å². The number of nitrogens with one attached hydrogen (secondary N) is 1. The van der Waals surface area contributed by atoms with Crippen LogP contribution in [0.3, 0.4) is 0 Å². The van der Waals surface area contributed by atoms with E-state index in [0.29, 0.717) is 6.04 Å². The van der Waals surface area contributed by atoms with Crippen molar-refractivity contribution in [1.29, 1.82) is 0 Å². The van der Waals surface area contributed by atoms with Gasteiger partial charge >= 0.3 is 0 Å². The van der Waals surface area contributed by atoms with Crippen molar-refractivity contribution in [2.24, 2.45) is 0 Å². The third-order valence-corrected chi connectivity index (χ3v) is 4.03. The summed E-state index contributed by atoms with van der Waals surface area (Å²) >= 11 is 0. The van der Waals surface area contributed by atoms with E-state index in [2.05, 4.69) is 79.8 Å². The van der Waals surface area contributed by atoms with Crippen LogP contribution in [0.4, 0.5) is 5.69 Å². The summed E-state index contributed by atoms with van der Waals surface area (Å²) < 4.78 is 0. The quantitative estimate of drug-likeness (QED) is 0.862. The molecule has 2 rings (SSSR count). The van der Waals surface area contributed by atoms with Crippen LogP contribution in [-0.4, -0.2) is 27.2 Å². The van der Waals surface area contributed by atoms with E-state index in [-0.39, 0.29) is 0 Å². The molecule has 2 aromatic rings. The van der Waals surface area contributed by atoms with Gasteiger partial charge in [0.25, 0.3) is 0 Å². The van der Waals surface area contributed by atoms with Crippen molar-refractivity contribution in [2.45, 2.75) is 25.8 Å². The van der Waals surface area contributed by atoms with Crippen molar-refractivity contribution < 1.29 is 0 Å². The van der Waals surface area contributed by atoms with E-state index in [0.717, 1.165) is 6.42 Å². The Bertz CT molecular complexity index is 541. The maximum absolute atomic E-state index is 3.28. The first-order valence-corrected chi connectivity index (χ1v) is 7.64. The molecule has 21 heavy (non-hydrogen) atoms. The molecule has 0 aliphatic carbocycles. The molecule has 0 bridgehead atoms. The van der Waals surface area contributed by atoms with E-state index in [1.807, 2.05) is 7.05 Å². The highest BCUT2D eigenvalue weighted by Crippen LogP contribution is 2.23. The number of hydrogen-bond acceptors (Lipinski definition) is 2. The number of benzene rings is 2. The van der Waals surface area contributed by atoms with Gasteiger partial charge in [-0.2, -0.15) is 0 Å². The van der Waals surface area contributed by atoms with Gasteiger partial charge in [-0.25, -0.2) is 0 Å². The highest BCUT2D eigenvalue weighted by Gasteiger charge is 2.02. The predicted octanol–water partition coefficient (Wildman–Crippen LogP) is 3.96. The first-order valence-electron chi connectivity index (χ1n) is 7.64. The van der Waals surface area contributed by atoms with Gasteiger partial charge in [-0.3, -0.25) is 0 Å². The highest BCUT2D eigenvalue weighted by atomic mass is 15.1. The fourth-order valence-corrected chi connectivity index (χ4v) is 2.34. The highest BCUT2D eigenvalue weighted by molar-refractivity contribution is 5.66.